The topological polar surface area (TPSA) is 82.1 Å². The van der Waals surface area contributed by atoms with E-state index in [-0.39, 0.29) is 23.6 Å². The van der Waals surface area contributed by atoms with Gasteiger partial charge in [0.1, 0.15) is 11.6 Å². The summed E-state index contributed by atoms with van der Waals surface area (Å²) in [5.74, 6) is 0.510. The van der Waals surface area contributed by atoms with Gasteiger partial charge < -0.3 is 15.4 Å². The number of morpholine rings is 1. The molecular weight excluding hydrogens is 342 g/mol. The van der Waals surface area contributed by atoms with Gasteiger partial charge in [-0.3, -0.25) is 4.57 Å². The molecule has 1 aromatic carbocycles. The van der Waals surface area contributed by atoms with Crippen LogP contribution in [-0.4, -0.2) is 45.3 Å². The summed E-state index contributed by atoms with van der Waals surface area (Å²) in [5, 5.41) is 0. The SMILES string of the molecule is C[C@H]1COCCN1c1cc(-n2c(C(F)F)nc3ccccc32)nc(N)n1. The summed E-state index contributed by atoms with van der Waals surface area (Å²) >= 11 is 0. The lowest BCUT2D eigenvalue weighted by Crippen LogP contribution is -2.44. The van der Waals surface area contributed by atoms with Crippen LogP contribution in [0.1, 0.15) is 19.2 Å². The summed E-state index contributed by atoms with van der Waals surface area (Å²) in [4.78, 5) is 14.6. The molecule has 0 radical (unpaired) electrons. The van der Waals surface area contributed by atoms with Crippen LogP contribution in [-0.2, 0) is 4.74 Å². The van der Waals surface area contributed by atoms with Gasteiger partial charge in [0.15, 0.2) is 5.82 Å². The molecule has 0 unspecified atom stereocenters. The number of ether oxygens (including phenoxy) is 1. The summed E-state index contributed by atoms with van der Waals surface area (Å²) in [6.07, 6.45) is -2.75. The van der Waals surface area contributed by atoms with E-state index < -0.39 is 6.43 Å². The smallest absolute Gasteiger partial charge is 0.296 e. The molecule has 0 aliphatic carbocycles. The van der Waals surface area contributed by atoms with Crippen LogP contribution in [0.3, 0.4) is 0 Å². The highest BCUT2D eigenvalue weighted by atomic mass is 19.3. The van der Waals surface area contributed by atoms with E-state index in [9.17, 15) is 8.78 Å². The van der Waals surface area contributed by atoms with Gasteiger partial charge in [-0.15, -0.1) is 0 Å². The Morgan fingerprint density at radius 1 is 1.19 bits per heavy atom. The Kier molecular flexibility index (Phi) is 4.15. The molecule has 3 heterocycles. The Morgan fingerprint density at radius 3 is 2.73 bits per heavy atom. The molecule has 0 amide bonds. The van der Waals surface area contributed by atoms with Gasteiger partial charge in [-0.2, -0.15) is 9.97 Å². The number of para-hydroxylation sites is 2. The molecule has 1 saturated heterocycles. The summed E-state index contributed by atoms with van der Waals surface area (Å²) in [6, 6.07) is 8.70. The lowest BCUT2D eigenvalue weighted by Gasteiger charge is -2.34. The Morgan fingerprint density at radius 2 is 1.96 bits per heavy atom. The fourth-order valence-electron chi connectivity index (χ4n) is 3.20. The molecular formula is C17H18F2N6O. The molecule has 2 N–H and O–H groups in total. The van der Waals surface area contributed by atoms with Crippen molar-refractivity contribution in [1.29, 1.82) is 0 Å². The van der Waals surface area contributed by atoms with Gasteiger partial charge >= 0.3 is 0 Å². The van der Waals surface area contributed by atoms with E-state index in [1.807, 2.05) is 11.8 Å². The van der Waals surface area contributed by atoms with Gasteiger partial charge in [-0.25, -0.2) is 13.8 Å². The largest absolute Gasteiger partial charge is 0.377 e. The number of fused-ring (bicyclic) bond motifs is 1. The lowest BCUT2D eigenvalue weighted by atomic mass is 10.2. The molecule has 2 aromatic heterocycles. The first-order valence-electron chi connectivity index (χ1n) is 8.29. The van der Waals surface area contributed by atoms with Crippen LogP contribution in [0.4, 0.5) is 20.5 Å². The molecule has 1 aliphatic rings. The van der Waals surface area contributed by atoms with Crippen LogP contribution in [0.25, 0.3) is 16.9 Å². The lowest BCUT2D eigenvalue weighted by molar-refractivity contribution is 0.0985. The third-order valence-electron chi connectivity index (χ3n) is 4.39. The molecule has 1 atom stereocenters. The van der Waals surface area contributed by atoms with Crippen molar-refractivity contribution in [3.05, 3.63) is 36.2 Å². The standard InChI is InChI=1S/C17H18F2N6O/c1-10-9-26-7-6-24(10)13-8-14(23-17(20)22-13)25-12-5-3-2-4-11(12)21-16(25)15(18)19/h2-5,8,10,15H,6-7,9H2,1H3,(H2,20,22,23)/t10-/m0/s1. The van der Waals surface area contributed by atoms with Gasteiger partial charge in [0.25, 0.3) is 6.43 Å². The number of alkyl halides is 2. The second kappa shape index (κ2) is 6.49. The molecule has 3 aromatic rings. The maximum absolute atomic E-state index is 13.6. The molecule has 0 bridgehead atoms. The van der Waals surface area contributed by atoms with E-state index in [2.05, 4.69) is 15.0 Å². The first kappa shape index (κ1) is 16.6. The normalized spacial score (nSPS) is 18.0. The number of nitrogen functional groups attached to an aromatic ring is 1. The maximum Gasteiger partial charge on any atom is 0.296 e. The molecule has 4 rings (SSSR count). The number of nitrogens with zero attached hydrogens (tertiary/aromatic N) is 5. The van der Waals surface area contributed by atoms with Crippen molar-refractivity contribution in [2.24, 2.45) is 0 Å². The fraction of sp³-hybridized carbons (Fsp3) is 0.353. The molecule has 1 fully saturated rings. The van der Waals surface area contributed by atoms with Gasteiger partial charge in [-0.1, -0.05) is 12.1 Å². The average Bonchev–Trinajstić information content (AvgIpc) is 3.01. The Hall–Kier alpha value is -2.81. The highest BCUT2D eigenvalue weighted by molar-refractivity contribution is 5.78. The first-order valence-corrected chi connectivity index (χ1v) is 8.29. The van der Waals surface area contributed by atoms with Crippen molar-refractivity contribution in [1.82, 2.24) is 19.5 Å². The molecule has 1 aliphatic heterocycles. The number of rotatable bonds is 3. The molecule has 9 heteroatoms. The average molecular weight is 360 g/mol. The van der Waals surface area contributed by atoms with Crippen molar-refractivity contribution in [2.45, 2.75) is 19.4 Å². The van der Waals surface area contributed by atoms with Crippen LogP contribution < -0.4 is 10.6 Å². The van der Waals surface area contributed by atoms with Crippen molar-refractivity contribution in [3.8, 4) is 5.82 Å². The Balaban J connectivity index is 1.88. The zero-order valence-corrected chi connectivity index (χ0v) is 14.1. The fourth-order valence-corrected chi connectivity index (χ4v) is 3.20. The Labute approximate surface area is 148 Å². The van der Waals surface area contributed by atoms with Gasteiger partial charge in [0.05, 0.1) is 30.3 Å². The first-order chi connectivity index (χ1) is 12.5. The number of hydrogen-bond donors (Lipinski definition) is 1. The van der Waals surface area contributed by atoms with E-state index in [0.29, 0.717) is 36.6 Å². The van der Waals surface area contributed by atoms with E-state index in [4.69, 9.17) is 10.5 Å². The second-order valence-corrected chi connectivity index (χ2v) is 6.15. The quantitative estimate of drug-likeness (QED) is 0.773. The van der Waals surface area contributed by atoms with Crippen LogP contribution >= 0.6 is 0 Å². The maximum atomic E-state index is 13.6. The molecule has 7 nitrogen and oxygen atoms in total. The molecule has 26 heavy (non-hydrogen) atoms. The number of imidazole rings is 1. The monoisotopic (exact) mass is 360 g/mol. The minimum atomic E-state index is -2.75. The summed E-state index contributed by atoms with van der Waals surface area (Å²) in [7, 11) is 0. The third kappa shape index (κ3) is 2.84. The highest BCUT2D eigenvalue weighted by Crippen LogP contribution is 2.29. The van der Waals surface area contributed by atoms with Crippen LogP contribution in [0, 0.1) is 0 Å². The zero-order chi connectivity index (χ0) is 18.3. The summed E-state index contributed by atoms with van der Waals surface area (Å²) < 4.78 is 34.0. The van der Waals surface area contributed by atoms with Crippen LogP contribution in [0.5, 0.6) is 0 Å². The molecule has 136 valence electrons. The number of aromatic nitrogens is 4. The zero-order valence-electron chi connectivity index (χ0n) is 14.1. The second-order valence-electron chi connectivity index (χ2n) is 6.15. The molecule has 0 spiro atoms. The van der Waals surface area contributed by atoms with E-state index in [0.717, 1.165) is 0 Å². The number of hydrogen-bond acceptors (Lipinski definition) is 6. The summed E-state index contributed by atoms with van der Waals surface area (Å²) in [5.41, 5.74) is 6.90. The van der Waals surface area contributed by atoms with E-state index >= 15 is 0 Å². The Bertz CT molecular complexity index is 944. The molecule has 0 saturated carbocycles. The highest BCUT2D eigenvalue weighted by Gasteiger charge is 2.24. The van der Waals surface area contributed by atoms with Crippen LogP contribution in [0.15, 0.2) is 30.3 Å². The van der Waals surface area contributed by atoms with Crippen molar-refractivity contribution >= 4 is 22.8 Å². The van der Waals surface area contributed by atoms with Gasteiger partial charge in [-0.05, 0) is 19.1 Å². The van der Waals surface area contributed by atoms with Gasteiger partial charge in [0.2, 0.25) is 5.95 Å². The van der Waals surface area contributed by atoms with Crippen molar-refractivity contribution < 1.29 is 13.5 Å². The van der Waals surface area contributed by atoms with E-state index in [1.54, 1.807) is 30.3 Å². The third-order valence-corrected chi connectivity index (χ3v) is 4.39. The summed E-state index contributed by atoms with van der Waals surface area (Å²) in [6.45, 7) is 3.78. The number of benzene rings is 1. The van der Waals surface area contributed by atoms with Gasteiger partial charge in [0, 0.05) is 12.6 Å². The van der Waals surface area contributed by atoms with Crippen LogP contribution in [0.2, 0.25) is 0 Å². The number of anilines is 2. The number of halogens is 2. The van der Waals surface area contributed by atoms with E-state index in [1.165, 1.54) is 4.57 Å². The minimum absolute atomic E-state index is 0.0224. The minimum Gasteiger partial charge on any atom is -0.377 e. The predicted molar refractivity (Wildman–Crippen MR) is 93.7 cm³/mol. The van der Waals surface area contributed by atoms with Crippen molar-refractivity contribution in [2.75, 3.05) is 30.4 Å². The number of nitrogens with two attached hydrogens (primary N) is 1. The van der Waals surface area contributed by atoms with Crippen molar-refractivity contribution in [3.63, 3.8) is 0 Å². The predicted octanol–water partition coefficient (Wildman–Crippen LogP) is 2.56.